The molecule has 0 aromatic heterocycles. The third kappa shape index (κ3) is 0.367. The maximum Gasteiger partial charge on any atom is 0.0401 e. The normalized spacial score (nSPS) is 107. The van der Waals surface area contributed by atoms with Gasteiger partial charge in [-0.3, -0.25) is 0 Å². The maximum absolute atomic E-state index is 2.80. The molecule has 0 nitrogen and oxygen atoms in total. The summed E-state index contributed by atoms with van der Waals surface area (Å²) in [5.74, 6) is 14.1. The Bertz CT molecular complexity index is 929. The van der Waals surface area contributed by atoms with Crippen molar-refractivity contribution < 1.29 is 0 Å². The molecule has 12 fully saturated rings. The molecule has 0 amide bonds. The Balaban J connectivity index is 1.23. The smallest absolute Gasteiger partial charge is 0.0401 e. The van der Waals surface area contributed by atoms with Gasteiger partial charge in [0.05, 0.1) is 0 Å². The van der Waals surface area contributed by atoms with Crippen LogP contribution in [0.4, 0.5) is 0 Å². The van der Waals surface area contributed by atoms with Gasteiger partial charge in [0.1, 0.15) is 0 Å². The van der Waals surface area contributed by atoms with E-state index < -0.39 is 0 Å². The van der Waals surface area contributed by atoms with Gasteiger partial charge in [0, 0.05) is 10.2 Å². The third-order valence-corrected chi connectivity index (χ3v) is 18.7. The minimum absolute atomic E-state index is 0.866. The second-order valence-corrected chi connectivity index (χ2v) is 14.7. The fourth-order valence-corrected chi connectivity index (χ4v) is 21.4. The lowest BCUT2D eigenvalue weighted by molar-refractivity contribution is -0.815. The van der Waals surface area contributed by atoms with Gasteiger partial charge in [0.25, 0.3) is 0 Å². The van der Waals surface area contributed by atoms with E-state index in [0.717, 1.165) is 31.8 Å². The largest absolute Gasteiger partial charge is 0.0812 e. The van der Waals surface area contributed by atoms with Gasteiger partial charge in [-0.15, -0.1) is 0 Å². The van der Waals surface area contributed by atoms with Crippen LogP contribution in [0, 0.1) is 92.2 Å². The van der Waals surface area contributed by atoms with Gasteiger partial charge < -0.3 is 0 Å². The van der Waals surface area contributed by atoms with Crippen molar-refractivity contribution in [1.29, 1.82) is 0 Å². The molecule has 0 saturated heterocycles. The Morgan fingerprint density at radius 1 is 0.739 bits per heavy atom. The van der Waals surface area contributed by atoms with Gasteiger partial charge in [-0.05, 0) is 134 Å². The fraction of sp³-hybridized carbons (Fsp3) is 1.00. The number of halogens is 1. The van der Waals surface area contributed by atoms with Crippen LogP contribution in [0.15, 0.2) is 0 Å². The van der Waals surface area contributed by atoms with E-state index in [1.54, 1.807) is 25.7 Å². The predicted octanol–water partition coefficient (Wildman–Crippen LogP) is 4.24. The van der Waals surface area contributed by atoms with Gasteiger partial charge in [-0.1, -0.05) is 8.93 Å². The van der Waals surface area contributed by atoms with Crippen LogP contribution in [0.3, 0.4) is 0 Å². The molecule has 5 spiro atoms. The van der Waals surface area contributed by atoms with Crippen molar-refractivity contribution in [3.63, 3.8) is 0 Å². The molecule has 0 bridgehead atoms. The Morgan fingerprint density at radius 3 is 2.22 bits per heavy atom. The molecule has 0 radical (unpaired) electrons. The number of hydrogen-bond acceptors (Lipinski definition) is 1. The summed E-state index contributed by atoms with van der Waals surface area (Å²) in [5.41, 5.74) is 5.16. The SMILES string of the molecule is ISC12C3CC4CC5C6C7C8C9CC%10CC%11C%12C1C7(C8%12C%109%11)C62C453. The van der Waals surface area contributed by atoms with Crippen LogP contribution in [0.5, 0.6) is 0 Å². The monoisotopic (exact) mass is 430 g/mol. The summed E-state index contributed by atoms with van der Waals surface area (Å²) >= 11 is 2.80. The van der Waals surface area contributed by atoms with E-state index in [1.807, 2.05) is 0 Å². The van der Waals surface area contributed by atoms with Crippen LogP contribution in [-0.2, 0) is 0 Å². The summed E-state index contributed by atoms with van der Waals surface area (Å²) in [6, 6.07) is 0. The first kappa shape index (κ1) is 10.4. The lowest BCUT2D eigenvalue weighted by Gasteiger charge is -3.29. The molecule has 12 saturated carbocycles. The summed E-state index contributed by atoms with van der Waals surface area (Å²) in [6.07, 6.45) is 6.79. The Kier molecular flexibility index (Phi) is 0.905. The van der Waals surface area contributed by atoms with Crippen molar-refractivity contribution in [3.8, 4) is 0 Å². The fourth-order valence-electron chi connectivity index (χ4n) is 17.2. The minimum Gasteiger partial charge on any atom is -0.0812 e. The molecule has 17 unspecified atom stereocenters. The molecule has 12 aliphatic rings. The molecule has 2 heteroatoms. The number of rotatable bonds is 1. The molecule has 0 aromatic rings. The highest BCUT2D eigenvalue weighted by molar-refractivity contribution is 14.2. The molecule has 0 aliphatic heterocycles. The predicted molar refractivity (Wildman–Crippen MR) is 93.4 cm³/mol. The Labute approximate surface area is 152 Å². The Morgan fingerprint density at radius 2 is 1.48 bits per heavy atom. The first-order valence-corrected chi connectivity index (χ1v) is 14.0. The van der Waals surface area contributed by atoms with E-state index in [9.17, 15) is 0 Å². The van der Waals surface area contributed by atoms with Crippen LogP contribution in [0.2, 0.25) is 0 Å². The van der Waals surface area contributed by atoms with Crippen molar-refractivity contribution in [2.24, 2.45) is 92.2 Å². The number of fused-ring (bicyclic) bond motifs is 8. The second-order valence-electron chi connectivity index (χ2n) is 12.6. The highest BCUT2D eigenvalue weighted by atomic mass is 127. The molecule has 116 valence electrons. The second kappa shape index (κ2) is 2.00. The minimum atomic E-state index is 0.866. The summed E-state index contributed by atoms with van der Waals surface area (Å²) in [4.78, 5) is 0. The van der Waals surface area contributed by atoms with Crippen molar-refractivity contribution in [2.75, 3.05) is 0 Å². The lowest BCUT2D eigenvalue weighted by atomic mass is 8.75. The standard InChI is InChI=1S/C21H19IS/c22-23-20-10-4-6-3-8-12-14-11-7-1-5-2-9-13-15(20)19(14,18(11,13)16(5,7)9)21(12,20)17(6,8)10/h5-15H,1-4H2. The highest BCUT2D eigenvalue weighted by Crippen LogP contribution is 3.30. The highest BCUT2D eigenvalue weighted by Gasteiger charge is 3.28. The summed E-state index contributed by atoms with van der Waals surface area (Å²) in [7, 11) is 2.42. The number of hydrogen-bond donors (Lipinski definition) is 0. The molecule has 17 atom stereocenters. The van der Waals surface area contributed by atoms with Gasteiger partial charge in [-0.25, -0.2) is 0 Å². The summed E-state index contributed by atoms with van der Waals surface area (Å²) < 4.78 is 0.866. The van der Waals surface area contributed by atoms with Crippen molar-refractivity contribution in [1.82, 2.24) is 0 Å². The topological polar surface area (TPSA) is 0 Å². The molecular formula is C21H19IS. The van der Waals surface area contributed by atoms with Gasteiger partial charge in [0.2, 0.25) is 0 Å². The van der Waals surface area contributed by atoms with Crippen LogP contribution < -0.4 is 0 Å². The first-order chi connectivity index (χ1) is 11.3. The summed E-state index contributed by atoms with van der Waals surface area (Å²) in [5, 5.41) is 0. The maximum atomic E-state index is 2.80. The van der Waals surface area contributed by atoms with E-state index in [1.165, 1.54) is 65.1 Å². The lowest BCUT2D eigenvalue weighted by Crippen LogP contribution is -3.29. The van der Waals surface area contributed by atoms with Crippen LogP contribution in [0.25, 0.3) is 0 Å². The van der Waals surface area contributed by atoms with E-state index >= 15 is 0 Å². The van der Waals surface area contributed by atoms with E-state index in [-0.39, 0.29) is 0 Å². The van der Waals surface area contributed by atoms with Crippen LogP contribution in [-0.4, -0.2) is 4.75 Å². The molecule has 23 heavy (non-hydrogen) atoms. The molecule has 0 N–H and O–H groups in total. The first-order valence-electron chi connectivity index (χ1n) is 10.6. The van der Waals surface area contributed by atoms with Crippen molar-refractivity contribution >= 4 is 30.1 Å². The van der Waals surface area contributed by atoms with Crippen molar-refractivity contribution in [2.45, 2.75) is 30.4 Å². The van der Waals surface area contributed by atoms with Crippen LogP contribution in [0.1, 0.15) is 25.7 Å². The summed E-state index contributed by atoms with van der Waals surface area (Å²) in [6.45, 7) is 0. The molecule has 12 aliphatic carbocycles. The van der Waals surface area contributed by atoms with E-state index in [2.05, 4.69) is 30.1 Å². The molecule has 0 aromatic carbocycles. The zero-order valence-electron chi connectivity index (χ0n) is 13.0. The quantitative estimate of drug-likeness (QED) is 0.561. The molecule has 0 heterocycles. The van der Waals surface area contributed by atoms with Gasteiger partial charge in [-0.2, -0.15) is 0 Å². The average Bonchev–Trinajstić information content (AvgIpc) is 2.44. The zero-order valence-corrected chi connectivity index (χ0v) is 15.9. The van der Waals surface area contributed by atoms with Gasteiger partial charge in [0.15, 0.2) is 0 Å². The van der Waals surface area contributed by atoms with E-state index in [4.69, 9.17) is 0 Å². The Hall–Kier alpha value is 1.08. The third-order valence-electron chi connectivity index (χ3n) is 15.4. The van der Waals surface area contributed by atoms with E-state index in [0.29, 0.717) is 0 Å². The molecule has 12 rings (SSSR count). The zero-order chi connectivity index (χ0) is 13.9. The van der Waals surface area contributed by atoms with Gasteiger partial charge >= 0.3 is 0 Å². The average molecular weight is 430 g/mol. The molecular weight excluding hydrogens is 411 g/mol. The van der Waals surface area contributed by atoms with Crippen molar-refractivity contribution in [3.05, 3.63) is 0 Å². The van der Waals surface area contributed by atoms with Crippen LogP contribution >= 0.6 is 30.1 Å².